The standard InChI is InChI=1S/C47H94O4/c1-3-5-7-9-11-13-15-17-19-21-23-24-25-27-29-31-33-35-37-39-41-43-50-45-46(44-48)51-47(49)42-40-38-36-34-32-30-28-26-22-20-18-16-14-12-10-8-6-4-2/h46,48H,3-45H2,1-2H3. The fraction of sp³-hybridized carbons (Fsp3) is 0.979. The average molecular weight is 723 g/mol. The van der Waals surface area contributed by atoms with Crippen LogP contribution in [0.15, 0.2) is 0 Å². The second-order valence-corrected chi connectivity index (χ2v) is 16.2. The number of rotatable bonds is 45. The van der Waals surface area contributed by atoms with Crippen LogP contribution in [0.5, 0.6) is 0 Å². The molecule has 0 heterocycles. The van der Waals surface area contributed by atoms with Gasteiger partial charge in [0.25, 0.3) is 0 Å². The lowest BCUT2D eigenvalue weighted by Gasteiger charge is -2.16. The zero-order valence-electron chi connectivity index (χ0n) is 35.2. The molecule has 1 atom stereocenters. The van der Waals surface area contributed by atoms with E-state index in [1.54, 1.807) is 0 Å². The molecule has 51 heavy (non-hydrogen) atoms. The largest absolute Gasteiger partial charge is 0.457 e. The van der Waals surface area contributed by atoms with Gasteiger partial charge in [-0.1, -0.05) is 251 Å². The van der Waals surface area contributed by atoms with Gasteiger partial charge in [-0.25, -0.2) is 0 Å². The van der Waals surface area contributed by atoms with Crippen LogP contribution >= 0.6 is 0 Å². The smallest absolute Gasteiger partial charge is 0.306 e. The quantitative estimate of drug-likeness (QED) is 0.0502. The molecule has 0 radical (unpaired) electrons. The van der Waals surface area contributed by atoms with Crippen LogP contribution in [0.25, 0.3) is 0 Å². The number of unbranched alkanes of at least 4 members (excludes halogenated alkanes) is 37. The molecule has 0 fully saturated rings. The molecular weight excluding hydrogens is 629 g/mol. The Bertz CT molecular complexity index is 638. The second-order valence-electron chi connectivity index (χ2n) is 16.2. The lowest BCUT2D eigenvalue weighted by Crippen LogP contribution is -2.27. The summed E-state index contributed by atoms with van der Waals surface area (Å²) in [7, 11) is 0. The van der Waals surface area contributed by atoms with E-state index in [0.717, 1.165) is 19.3 Å². The van der Waals surface area contributed by atoms with Crippen LogP contribution in [0.1, 0.15) is 271 Å². The number of hydrogen-bond donors (Lipinski definition) is 1. The van der Waals surface area contributed by atoms with Gasteiger partial charge in [-0.2, -0.15) is 0 Å². The van der Waals surface area contributed by atoms with E-state index in [2.05, 4.69) is 13.8 Å². The Hall–Kier alpha value is -0.610. The Morgan fingerprint density at radius 3 is 0.922 bits per heavy atom. The summed E-state index contributed by atoms with van der Waals surface area (Å²) in [6.45, 7) is 5.41. The summed E-state index contributed by atoms with van der Waals surface area (Å²) in [5.74, 6) is -0.191. The van der Waals surface area contributed by atoms with Gasteiger partial charge in [0.1, 0.15) is 6.10 Å². The first-order valence-corrected chi connectivity index (χ1v) is 23.6. The molecule has 0 rings (SSSR count). The number of ether oxygens (including phenoxy) is 2. The third-order valence-corrected chi connectivity index (χ3v) is 10.9. The van der Waals surface area contributed by atoms with Crippen molar-refractivity contribution in [3.63, 3.8) is 0 Å². The van der Waals surface area contributed by atoms with E-state index >= 15 is 0 Å². The molecule has 0 aliphatic rings. The van der Waals surface area contributed by atoms with Gasteiger partial charge in [0, 0.05) is 13.0 Å². The molecule has 4 nitrogen and oxygen atoms in total. The van der Waals surface area contributed by atoms with Crippen molar-refractivity contribution in [2.45, 2.75) is 277 Å². The van der Waals surface area contributed by atoms with E-state index in [4.69, 9.17) is 9.47 Å². The maximum absolute atomic E-state index is 12.2. The SMILES string of the molecule is CCCCCCCCCCCCCCCCCCCCCCCOCC(CO)OC(=O)CCCCCCCCCCCCCCCCCCCC. The summed E-state index contributed by atoms with van der Waals surface area (Å²) >= 11 is 0. The van der Waals surface area contributed by atoms with Gasteiger partial charge < -0.3 is 14.6 Å². The van der Waals surface area contributed by atoms with Crippen LogP contribution in [0, 0.1) is 0 Å². The highest BCUT2D eigenvalue weighted by atomic mass is 16.6. The second kappa shape index (κ2) is 45.5. The fourth-order valence-corrected chi connectivity index (χ4v) is 7.39. The first kappa shape index (κ1) is 50.4. The third kappa shape index (κ3) is 43.7. The van der Waals surface area contributed by atoms with Crippen molar-refractivity contribution in [3.05, 3.63) is 0 Å². The van der Waals surface area contributed by atoms with Crippen molar-refractivity contribution >= 4 is 5.97 Å². The summed E-state index contributed by atoms with van der Waals surface area (Å²) in [4.78, 5) is 12.2. The Balaban J connectivity index is 3.33. The summed E-state index contributed by atoms with van der Waals surface area (Å²) in [6, 6.07) is 0. The summed E-state index contributed by atoms with van der Waals surface area (Å²) in [5, 5.41) is 9.62. The van der Waals surface area contributed by atoms with Crippen molar-refractivity contribution < 1.29 is 19.4 Å². The highest BCUT2D eigenvalue weighted by Gasteiger charge is 2.13. The molecule has 306 valence electrons. The van der Waals surface area contributed by atoms with Crippen molar-refractivity contribution in [2.75, 3.05) is 19.8 Å². The Morgan fingerprint density at radius 2 is 0.647 bits per heavy atom. The first-order valence-electron chi connectivity index (χ1n) is 23.6. The van der Waals surface area contributed by atoms with Crippen LogP contribution in [0.4, 0.5) is 0 Å². The first-order chi connectivity index (χ1) is 25.2. The molecule has 0 saturated heterocycles. The van der Waals surface area contributed by atoms with Gasteiger partial charge >= 0.3 is 5.97 Å². The fourth-order valence-electron chi connectivity index (χ4n) is 7.39. The van der Waals surface area contributed by atoms with Gasteiger partial charge in [-0.15, -0.1) is 0 Å². The predicted octanol–water partition coefficient (Wildman–Crippen LogP) is 15.6. The van der Waals surface area contributed by atoms with Crippen LogP contribution < -0.4 is 0 Å². The minimum absolute atomic E-state index is 0.163. The summed E-state index contributed by atoms with van der Waals surface area (Å²) in [5.41, 5.74) is 0. The highest BCUT2D eigenvalue weighted by molar-refractivity contribution is 5.69. The Labute approximate surface area is 321 Å². The number of hydrogen-bond acceptors (Lipinski definition) is 4. The maximum atomic E-state index is 12.2. The maximum Gasteiger partial charge on any atom is 0.306 e. The highest BCUT2D eigenvalue weighted by Crippen LogP contribution is 2.17. The summed E-state index contributed by atoms with van der Waals surface area (Å²) in [6.07, 6.45) is 53.2. The number of aliphatic hydroxyl groups excluding tert-OH is 1. The monoisotopic (exact) mass is 723 g/mol. The lowest BCUT2D eigenvalue weighted by molar-refractivity contribution is -0.154. The molecule has 1 unspecified atom stereocenters. The molecule has 0 aromatic rings. The molecule has 0 aromatic carbocycles. The zero-order chi connectivity index (χ0) is 37.0. The predicted molar refractivity (Wildman–Crippen MR) is 224 cm³/mol. The van der Waals surface area contributed by atoms with Crippen LogP contribution in [-0.2, 0) is 14.3 Å². The molecule has 1 N–H and O–H groups in total. The third-order valence-electron chi connectivity index (χ3n) is 10.9. The molecule has 0 saturated carbocycles. The van der Waals surface area contributed by atoms with Crippen molar-refractivity contribution in [2.24, 2.45) is 0 Å². The average Bonchev–Trinajstić information content (AvgIpc) is 3.14. The van der Waals surface area contributed by atoms with E-state index in [1.165, 1.54) is 231 Å². The van der Waals surface area contributed by atoms with E-state index in [9.17, 15) is 9.90 Å². The summed E-state index contributed by atoms with van der Waals surface area (Å²) < 4.78 is 11.2. The molecule has 0 aliphatic carbocycles. The minimum atomic E-state index is -0.525. The van der Waals surface area contributed by atoms with Gasteiger partial charge in [0.05, 0.1) is 13.2 Å². The number of carbonyl (C=O) groups is 1. The van der Waals surface area contributed by atoms with Crippen molar-refractivity contribution in [1.29, 1.82) is 0 Å². The number of esters is 1. The number of aliphatic hydroxyl groups is 1. The molecule has 0 aromatic heterocycles. The van der Waals surface area contributed by atoms with Crippen LogP contribution in [0.3, 0.4) is 0 Å². The molecule has 0 bridgehead atoms. The van der Waals surface area contributed by atoms with Crippen LogP contribution in [0.2, 0.25) is 0 Å². The van der Waals surface area contributed by atoms with Gasteiger partial charge in [-0.3, -0.25) is 4.79 Å². The topological polar surface area (TPSA) is 55.8 Å². The molecule has 0 spiro atoms. The normalized spacial score (nSPS) is 12.1. The molecule has 0 aliphatic heterocycles. The Morgan fingerprint density at radius 1 is 0.392 bits per heavy atom. The van der Waals surface area contributed by atoms with Gasteiger partial charge in [-0.05, 0) is 12.8 Å². The van der Waals surface area contributed by atoms with Crippen molar-refractivity contribution in [1.82, 2.24) is 0 Å². The van der Waals surface area contributed by atoms with Gasteiger partial charge in [0.15, 0.2) is 0 Å². The van der Waals surface area contributed by atoms with Crippen molar-refractivity contribution in [3.8, 4) is 0 Å². The molecule has 4 heteroatoms. The molecule has 0 amide bonds. The van der Waals surface area contributed by atoms with E-state index < -0.39 is 6.10 Å². The van der Waals surface area contributed by atoms with Crippen LogP contribution in [-0.4, -0.2) is 37.0 Å². The number of carbonyl (C=O) groups excluding carboxylic acids is 1. The zero-order valence-corrected chi connectivity index (χ0v) is 35.2. The minimum Gasteiger partial charge on any atom is -0.457 e. The van der Waals surface area contributed by atoms with E-state index in [-0.39, 0.29) is 12.6 Å². The molecular formula is C47H94O4. The van der Waals surface area contributed by atoms with E-state index in [1.807, 2.05) is 0 Å². The lowest BCUT2D eigenvalue weighted by atomic mass is 10.0. The van der Waals surface area contributed by atoms with Gasteiger partial charge in [0.2, 0.25) is 0 Å². The van der Waals surface area contributed by atoms with E-state index in [0.29, 0.717) is 19.6 Å². The Kier molecular flexibility index (Phi) is 45.0.